The molecule has 1 atom stereocenters. The van der Waals surface area contributed by atoms with Crippen LogP contribution in [-0.4, -0.2) is 23.6 Å². The predicted octanol–water partition coefficient (Wildman–Crippen LogP) is 4.80. The lowest BCUT2D eigenvalue weighted by Crippen LogP contribution is -2.37. The molecule has 1 fully saturated rings. The highest BCUT2D eigenvalue weighted by Gasteiger charge is 2.18. The molecular weight excluding hydrogens is 457 g/mol. The smallest absolute Gasteiger partial charge is 0.257 e. The summed E-state index contributed by atoms with van der Waals surface area (Å²) >= 11 is 7.47. The molecule has 26 heavy (non-hydrogen) atoms. The zero-order valence-electron chi connectivity index (χ0n) is 14.7. The number of nitrogens with one attached hydrogen (secondary N) is 2. The van der Waals surface area contributed by atoms with Crippen LogP contribution in [0.5, 0.6) is 0 Å². The van der Waals surface area contributed by atoms with Crippen LogP contribution in [0, 0.1) is 3.57 Å². The van der Waals surface area contributed by atoms with Gasteiger partial charge in [-0.1, -0.05) is 0 Å². The minimum Gasteiger partial charge on any atom is -0.369 e. The monoisotopic (exact) mass is 479 g/mol. The Hall–Kier alpha value is -1.67. The zero-order valence-corrected chi connectivity index (χ0v) is 17.6. The van der Waals surface area contributed by atoms with E-state index in [9.17, 15) is 4.79 Å². The van der Waals surface area contributed by atoms with Crippen LogP contribution in [0.25, 0.3) is 0 Å². The largest absolute Gasteiger partial charge is 0.369 e. The van der Waals surface area contributed by atoms with E-state index in [-0.39, 0.29) is 5.91 Å². The van der Waals surface area contributed by atoms with E-state index in [0.717, 1.165) is 15.8 Å². The first-order valence-electron chi connectivity index (χ1n) is 8.77. The van der Waals surface area contributed by atoms with Gasteiger partial charge in [0.15, 0.2) is 5.11 Å². The Morgan fingerprint density at radius 1 is 1.12 bits per heavy atom. The van der Waals surface area contributed by atoms with E-state index in [0.29, 0.717) is 16.7 Å². The lowest BCUT2D eigenvalue weighted by molar-refractivity contribution is 0.0977. The van der Waals surface area contributed by atoms with Gasteiger partial charge in [0.2, 0.25) is 0 Å². The Bertz CT molecular complexity index is 777. The van der Waals surface area contributed by atoms with E-state index in [1.165, 1.54) is 24.9 Å². The number of halogens is 1. The summed E-state index contributed by atoms with van der Waals surface area (Å²) in [6, 6.07) is 16.2. The molecule has 6 heteroatoms. The summed E-state index contributed by atoms with van der Waals surface area (Å²) in [4.78, 5) is 14.7. The van der Waals surface area contributed by atoms with E-state index in [1.807, 2.05) is 24.3 Å². The second kappa shape index (κ2) is 8.81. The standard InChI is InChI=1S/C20H22IN3OS/c1-14-4-2-3-13-24(14)18-11-9-17(10-12-18)22-20(26)23-19(25)15-5-7-16(21)8-6-15/h5-12,14H,2-4,13H2,1H3,(H2,22,23,25,26). The molecule has 0 radical (unpaired) electrons. The summed E-state index contributed by atoms with van der Waals surface area (Å²) in [5.41, 5.74) is 2.69. The Kier molecular flexibility index (Phi) is 6.48. The van der Waals surface area contributed by atoms with Crippen molar-refractivity contribution in [1.82, 2.24) is 5.32 Å². The van der Waals surface area contributed by atoms with Gasteiger partial charge in [-0.15, -0.1) is 0 Å². The predicted molar refractivity (Wildman–Crippen MR) is 120 cm³/mol. The van der Waals surface area contributed by atoms with Crippen molar-refractivity contribution in [3.8, 4) is 0 Å². The number of piperidine rings is 1. The first-order valence-corrected chi connectivity index (χ1v) is 10.3. The molecular formula is C20H22IN3OS. The first-order chi connectivity index (χ1) is 12.5. The SMILES string of the molecule is CC1CCCCN1c1ccc(NC(=S)NC(=O)c2ccc(I)cc2)cc1. The third-order valence-electron chi connectivity index (χ3n) is 4.59. The number of rotatable bonds is 3. The van der Waals surface area contributed by atoms with Crippen LogP contribution >= 0.6 is 34.8 Å². The number of hydrogen-bond acceptors (Lipinski definition) is 3. The van der Waals surface area contributed by atoms with Crippen molar-refractivity contribution in [2.45, 2.75) is 32.2 Å². The minimum atomic E-state index is -0.210. The van der Waals surface area contributed by atoms with Crippen LogP contribution in [-0.2, 0) is 0 Å². The maximum Gasteiger partial charge on any atom is 0.257 e. The van der Waals surface area contributed by atoms with Crippen molar-refractivity contribution < 1.29 is 4.79 Å². The third kappa shape index (κ3) is 4.94. The minimum absolute atomic E-state index is 0.210. The fourth-order valence-electron chi connectivity index (χ4n) is 3.16. The summed E-state index contributed by atoms with van der Waals surface area (Å²) in [7, 11) is 0. The van der Waals surface area contributed by atoms with Crippen LogP contribution in [0.15, 0.2) is 48.5 Å². The molecule has 1 amide bonds. The van der Waals surface area contributed by atoms with Gasteiger partial charge in [0.1, 0.15) is 0 Å². The van der Waals surface area contributed by atoms with Crippen LogP contribution < -0.4 is 15.5 Å². The summed E-state index contributed by atoms with van der Waals surface area (Å²) in [6.07, 6.45) is 3.81. The molecule has 136 valence electrons. The van der Waals surface area contributed by atoms with E-state index in [1.54, 1.807) is 12.1 Å². The van der Waals surface area contributed by atoms with Crippen molar-refractivity contribution in [3.63, 3.8) is 0 Å². The van der Waals surface area contributed by atoms with Crippen molar-refractivity contribution >= 4 is 57.2 Å². The lowest BCUT2D eigenvalue weighted by Gasteiger charge is -2.35. The Labute approximate surface area is 173 Å². The molecule has 2 N–H and O–H groups in total. The van der Waals surface area contributed by atoms with Gasteiger partial charge < -0.3 is 10.2 Å². The normalized spacial score (nSPS) is 16.8. The van der Waals surface area contributed by atoms with Crippen molar-refractivity contribution in [2.75, 3.05) is 16.8 Å². The highest BCUT2D eigenvalue weighted by Crippen LogP contribution is 2.25. The highest BCUT2D eigenvalue weighted by molar-refractivity contribution is 14.1. The average Bonchev–Trinajstić information content (AvgIpc) is 2.63. The van der Waals surface area contributed by atoms with Gasteiger partial charge in [-0.25, -0.2) is 0 Å². The number of thiocarbonyl (C=S) groups is 1. The van der Waals surface area contributed by atoms with Crippen LogP contribution in [0.2, 0.25) is 0 Å². The highest BCUT2D eigenvalue weighted by atomic mass is 127. The Morgan fingerprint density at radius 2 is 1.81 bits per heavy atom. The number of hydrogen-bond donors (Lipinski definition) is 2. The molecule has 1 aliphatic rings. The van der Waals surface area contributed by atoms with E-state index < -0.39 is 0 Å². The average molecular weight is 479 g/mol. The fraction of sp³-hybridized carbons (Fsp3) is 0.300. The summed E-state index contributed by atoms with van der Waals surface area (Å²) < 4.78 is 1.09. The van der Waals surface area contributed by atoms with Gasteiger partial charge in [0, 0.05) is 33.1 Å². The summed E-state index contributed by atoms with van der Waals surface area (Å²) in [6.45, 7) is 3.39. The topological polar surface area (TPSA) is 44.4 Å². The number of amides is 1. The molecule has 3 rings (SSSR count). The Balaban J connectivity index is 1.57. The maximum absolute atomic E-state index is 12.2. The van der Waals surface area contributed by atoms with Crippen LogP contribution in [0.4, 0.5) is 11.4 Å². The first kappa shape index (κ1) is 19.1. The lowest BCUT2D eigenvalue weighted by atomic mass is 10.0. The summed E-state index contributed by atoms with van der Waals surface area (Å²) in [5.74, 6) is -0.210. The van der Waals surface area contributed by atoms with Crippen LogP contribution in [0.3, 0.4) is 0 Å². The molecule has 1 heterocycles. The number of anilines is 2. The molecule has 0 aliphatic carbocycles. The number of carbonyl (C=O) groups excluding carboxylic acids is 1. The van der Waals surface area contributed by atoms with Crippen molar-refractivity contribution in [2.24, 2.45) is 0 Å². The fourth-order valence-corrected chi connectivity index (χ4v) is 3.73. The van der Waals surface area contributed by atoms with Gasteiger partial charge in [0.25, 0.3) is 5.91 Å². The van der Waals surface area contributed by atoms with Crippen molar-refractivity contribution in [3.05, 3.63) is 57.7 Å². The molecule has 0 saturated carbocycles. The van der Waals surface area contributed by atoms with E-state index >= 15 is 0 Å². The van der Waals surface area contributed by atoms with Gasteiger partial charge in [-0.05, 0) is 110 Å². The second-order valence-electron chi connectivity index (χ2n) is 6.50. The molecule has 2 aromatic carbocycles. The zero-order chi connectivity index (χ0) is 18.5. The third-order valence-corrected chi connectivity index (χ3v) is 5.52. The molecule has 1 aliphatic heterocycles. The number of nitrogens with zero attached hydrogens (tertiary/aromatic N) is 1. The molecule has 1 unspecified atom stereocenters. The molecule has 0 bridgehead atoms. The maximum atomic E-state index is 12.2. The molecule has 4 nitrogen and oxygen atoms in total. The molecule has 2 aromatic rings. The van der Waals surface area contributed by atoms with Crippen molar-refractivity contribution in [1.29, 1.82) is 0 Å². The van der Waals surface area contributed by atoms with Gasteiger partial charge in [-0.2, -0.15) is 0 Å². The number of benzene rings is 2. The quantitative estimate of drug-likeness (QED) is 0.491. The van der Waals surface area contributed by atoms with Gasteiger partial charge in [-0.3, -0.25) is 10.1 Å². The summed E-state index contributed by atoms with van der Waals surface area (Å²) in [5, 5.41) is 6.09. The van der Waals surface area contributed by atoms with Gasteiger partial charge in [0.05, 0.1) is 0 Å². The van der Waals surface area contributed by atoms with Crippen LogP contribution in [0.1, 0.15) is 36.5 Å². The van der Waals surface area contributed by atoms with Gasteiger partial charge >= 0.3 is 0 Å². The molecule has 0 aromatic heterocycles. The van der Waals surface area contributed by atoms with E-state index in [2.05, 4.69) is 57.2 Å². The number of carbonyl (C=O) groups is 1. The molecule has 1 saturated heterocycles. The van der Waals surface area contributed by atoms with E-state index in [4.69, 9.17) is 12.2 Å². The Morgan fingerprint density at radius 3 is 2.46 bits per heavy atom. The molecule has 0 spiro atoms. The second-order valence-corrected chi connectivity index (χ2v) is 8.15.